The van der Waals surface area contributed by atoms with Crippen LogP contribution in [0.25, 0.3) is 16.6 Å². The minimum atomic E-state index is -4.58. The van der Waals surface area contributed by atoms with Crippen LogP contribution in [0.2, 0.25) is 5.02 Å². The van der Waals surface area contributed by atoms with E-state index < -0.39 is 23.4 Å². The van der Waals surface area contributed by atoms with E-state index in [0.717, 1.165) is 12.1 Å². The SMILES string of the molecule is C[C@@H](O)CNc1nc(=O)c(-c2ccccc2Cl)c2cc(C(F)(F)F)ccn12. The third kappa shape index (κ3) is 3.91. The van der Waals surface area contributed by atoms with Gasteiger partial charge in [-0.05, 0) is 25.1 Å². The normalized spacial score (nSPS) is 13.0. The quantitative estimate of drug-likeness (QED) is 0.702. The number of hydrogen-bond acceptors (Lipinski definition) is 4. The van der Waals surface area contributed by atoms with Crippen molar-refractivity contribution in [3.8, 4) is 11.1 Å². The summed E-state index contributed by atoms with van der Waals surface area (Å²) in [5, 5.41) is 12.4. The van der Waals surface area contributed by atoms with Crippen LogP contribution >= 0.6 is 11.6 Å². The summed E-state index contributed by atoms with van der Waals surface area (Å²) >= 11 is 6.16. The molecule has 27 heavy (non-hydrogen) atoms. The minimum absolute atomic E-state index is 0.00557. The van der Waals surface area contributed by atoms with Crippen LogP contribution in [0.3, 0.4) is 0 Å². The minimum Gasteiger partial charge on any atom is -0.392 e. The summed E-state index contributed by atoms with van der Waals surface area (Å²) in [6.45, 7) is 1.60. The molecule has 0 bridgehead atoms. The number of aliphatic hydroxyl groups is 1. The molecule has 0 aliphatic rings. The van der Waals surface area contributed by atoms with Crippen molar-refractivity contribution in [2.45, 2.75) is 19.2 Å². The van der Waals surface area contributed by atoms with Crippen LogP contribution in [0.4, 0.5) is 19.1 Å². The molecule has 2 N–H and O–H groups in total. The van der Waals surface area contributed by atoms with Gasteiger partial charge >= 0.3 is 6.18 Å². The smallest absolute Gasteiger partial charge is 0.392 e. The van der Waals surface area contributed by atoms with Gasteiger partial charge in [-0.25, -0.2) is 0 Å². The lowest BCUT2D eigenvalue weighted by Gasteiger charge is -2.16. The van der Waals surface area contributed by atoms with Gasteiger partial charge in [0.15, 0.2) is 0 Å². The first-order valence-electron chi connectivity index (χ1n) is 7.99. The predicted molar refractivity (Wildman–Crippen MR) is 97.1 cm³/mol. The van der Waals surface area contributed by atoms with Crippen molar-refractivity contribution in [1.82, 2.24) is 9.38 Å². The van der Waals surface area contributed by atoms with E-state index in [0.29, 0.717) is 0 Å². The molecule has 3 aromatic rings. The number of anilines is 1. The molecular formula is C18H15ClF3N3O2. The van der Waals surface area contributed by atoms with Crippen molar-refractivity contribution in [3.05, 3.63) is 63.5 Å². The predicted octanol–water partition coefficient (Wildman–Crippen LogP) is 3.83. The molecule has 0 saturated carbocycles. The summed E-state index contributed by atoms with van der Waals surface area (Å²) in [6, 6.07) is 8.14. The number of rotatable bonds is 4. The average molecular weight is 398 g/mol. The second-order valence-electron chi connectivity index (χ2n) is 5.99. The van der Waals surface area contributed by atoms with E-state index in [4.69, 9.17) is 11.6 Å². The summed E-state index contributed by atoms with van der Waals surface area (Å²) in [5.41, 5.74) is -1.37. The maximum Gasteiger partial charge on any atom is 0.416 e. The van der Waals surface area contributed by atoms with Crippen molar-refractivity contribution < 1.29 is 18.3 Å². The van der Waals surface area contributed by atoms with E-state index in [1.54, 1.807) is 24.3 Å². The Kier molecular flexibility index (Phi) is 5.12. The lowest BCUT2D eigenvalue weighted by atomic mass is 10.0. The molecular weight excluding hydrogens is 383 g/mol. The number of benzene rings is 1. The van der Waals surface area contributed by atoms with Crippen molar-refractivity contribution in [2.75, 3.05) is 11.9 Å². The second-order valence-corrected chi connectivity index (χ2v) is 6.40. The Morgan fingerprint density at radius 1 is 1.30 bits per heavy atom. The highest BCUT2D eigenvalue weighted by Crippen LogP contribution is 2.34. The number of halogens is 4. The van der Waals surface area contributed by atoms with Crippen molar-refractivity contribution in [1.29, 1.82) is 0 Å². The number of fused-ring (bicyclic) bond motifs is 1. The van der Waals surface area contributed by atoms with Gasteiger partial charge in [0.1, 0.15) is 0 Å². The number of hydrogen-bond donors (Lipinski definition) is 2. The highest BCUT2D eigenvalue weighted by Gasteiger charge is 2.31. The Morgan fingerprint density at radius 3 is 2.63 bits per heavy atom. The van der Waals surface area contributed by atoms with Crippen LogP contribution < -0.4 is 10.9 Å². The summed E-state index contributed by atoms with van der Waals surface area (Å²) < 4.78 is 41.0. The zero-order valence-corrected chi connectivity index (χ0v) is 14.8. The molecule has 0 spiro atoms. The molecule has 0 unspecified atom stereocenters. The first-order chi connectivity index (χ1) is 12.7. The Labute approximate surface area is 157 Å². The lowest BCUT2D eigenvalue weighted by molar-refractivity contribution is -0.137. The largest absolute Gasteiger partial charge is 0.416 e. The van der Waals surface area contributed by atoms with Crippen LogP contribution in [0.15, 0.2) is 47.4 Å². The topological polar surface area (TPSA) is 66.6 Å². The van der Waals surface area contributed by atoms with Gasteiger partial charge in [-0.3, -0.25) is 9.20 Å². The average Bonchev–Trinajstić information content (AvgIpc) is 2.59. The molecule has 1 aromatic carbocycles. The number of pyridine rings is 1. The van der Waals surface area contributed by atoms with Gasteiger partial charge in [0.25, 0.3) is 5.56 Å². The second kappa shape index (κ2) is 7.21. The molecule has 1 atom stereocenters. The number of nitrogens with zero attached hydrogens (tertiary/aromatic N) is 2. The van der Waals surface area contributed by atoms with Gasteiger partial charge in [0.05, 0.1) is 22.7 Å². The summed E-state index contributed by atoms with van der Waals surface area (Å²) in [4.78, 5) is 16.6. The number of nitrogens with one attached hydrogen (secondary N) is 1. The number of aromatic nitrogens is 2. The molecule has 0 saturated heterocycles. The molecule has 0 fully saturated rings. The maximum atomic E-state index is 13.2. The molecule has 2 heterocycles. The molecule has 142 valence electrons. The molecule has 0 radical (unpaired) electrons. The monoisotopic (exact) mass is 397 g/mol. The lowest BCUT2D eigenvalue weighted by Crippen LogP contribution is -2.23. The first kappa shape index (κ1) is 19.2. The van der Waals surface area contributed by atoms with Gasteiger partial charge in [0, 0.05) is 23.3 Å². The molecule has 0 aliphatic heterocycles. The van der Waals surface area contributed by atoms with Crippen molar-refractivity contribution in [3.63, 3.8) is 0 Å². The highest BCUT2D eigenvalue weighted by molar-refractivity contribution is 6.33. The molecule has 0 amide bonds. The molecule has 3 rings (SSSR count). The summed E-state index contributed by atoms with van der Waals surface area (Å²) in [5.74, 6) is 0.0282. The van der Waals surface area contributed by atoms with E-state index in [2.05, 4.69) is 10.3 Å². The van der Waals surface area contributed by atoms with E-state index in [9.17, 15) is 23.1 Å². The highest BCUT2D eigenvalue weighted by atomic mass is 35.5. The summed E-state index contributed by atoms with van der Waals surface area (Å²) in [7, 11) is 0. The fourth-order valence-corrected chi connectivity index (χ4v) is 2.88. The molecule has 5 nitrogen and oxygen atoms in total. The van der Waals surface area contributed by atoms with Crippen molar-refractivity contribution >= 4 is 23.1 Å². The zero-order chi connectivity index (χ0) is 19.8. The van der Waals surface area contributed by atoms with Crippen LogP contribution in [0.1, 0.15) is 12.5 Å². The Bertz CT molecular complexity index is 1050. The van der Waals surface area contributed by atoms with E-state index in [1.165, 1.54) is 17.5 Å². The Hall–Kier alpha value is -2.58. The van der Waals surface area contributed by atoms with Crippen LogP contribution in [-0.2, 0) is 6.18 Å². The standard InChI is InChI=1S/C18H15ClF3N3O2/c1-10(26)9-23-17-24-16(27)15(12-4-2-3-5-13(12)19)14-8-11(18(20,21)22)6-7-25(14)17/h2-8,10,26H,9H2,1H3,(H,23,24,27)/t10-/m1/s1. The Balaban J connectivity index is 2.34. The van der Waals surface area contributed by atoms with Gasteiger partial charge in [-0.1, -0.05) is 29.8 Å². The van der Waals surface area contributed by atoms with E-state index in [1.807, 2.05) is 0 Å². The van der Waals surface area contributed by atoms with Gasteiger partial charge < -0.3 is 10.4 Å². The van der Waals surface area contributed by atoms with E-state index >= 15 is 0 Å². The fraction of sp³-hybridized carbons (Fsp3) is 0.222. The first-order valence-corrected chi connectivity index (χ1v) is 8.36. The zero-order valence-electron chi connectivity index (χ0n) is 14.1. The maximum absolute atomic E-state index is 13.2. The number of alkyl halides is 3. The fourth-order valence-electron chi connectivity index (χ4n) is 2.65. The summed E-state index contributed by atoms with van der Waals surface area (Å²) in [6.07, 6.45) is -4.14. The number of aliphatic hydroxyl groups excluding tert-OH is 1. The third-order valence-corrected chi connectivity index (χ3v) is 4.22. The third-order valence-electron chi connectivity index (χ3n) is 3.89. The van der Waals surface area contributed by atoms with Gasteiger partial charge in [0.2, 0.25) is 5.95 Å². The molecule has 9 heteroatoms. The van der Waals surface area contributed by atoms with Gasteiger partial charge in [-0.2, -0.15) is 18.2 Å². The van der Waals surface area contributed by atoms with Crippen LogP contribution in [0.5, 0.6) is 0 Å². The van der Waals surface area contributed by atoms with Crippen LogP contribution in [0, 0.1) is 0 Å². The molecule has 2 aromatic heterocycles. The van der Waals surface area contributed by atoms with Crippen LogP contribution in [-0.4, -0.2) is 27.1 Å². The Morgan fingerprint density at radius 2 is 2.00 bits per heavy atom. The van der Waals surface area contributed by atoms with Crippen molar-refractivity contribution in [2.24, 2.45) is 0 Å². The van der Waals surface area contributed by atoms with E-state index in [-0.39, 0.29) is 34.2 Å². The molecule has 0 aliphatic carbocycles. The van der Waals surface area contributed by atoms with Gasteiger partial charge in [-0.15, -0.1) is 0 Å².